The summed E-state index contributed by atoms with van der Waals surface area (Å²) in [5.74, 6) is 0.378. The quantitative estimate of drug-likeness (QED) is 0.620. The average Bonchev–Trinajstić information content (AvgIpc) is 2.29. The molecule has 1 aliphatic rings. The van der Waals surface area contributed by atoms with E-state index in [2.05, 4.69) is 10.2 Å². The molecule has 70 valence electrons. The lowest BCUT2D eigenvalue weighted by atomic mass is 10.1. The maximum Gasteiger partial charge on any atom is 0.139 e. The lowest BCUT2D eigenvalue weighted by molar-refractivity contribution is 0.474. The van der Waals surface area contributed by atoms with Gasteiger partial charge in [-0.15, -0.1) is 0 Å². The van der Waals surface area contributed by atoms with Gasteiger partial charge in [0.25, 0.3) is 0 Å². The van der Waals surface area contributed by atoms with Crippen LogP contribution >= 0.6 is 0 Å². The number of likely N-dealkylation sites (N-methyl/N-ethyl adjacent to an activating group) is 1. The number of phenolic OH excluding ortho intramolecular Hbond substituents is 1. The Morgan fingerprint density at radius 2 is 2.31 bits per heavy atom. The average molecular weight is 178 g/mol. The van der Waals surface area contributed by atoms with Gasteiger partial charge in [-0.25, -0.2) is 0 Å². The van der Waals surface area contributed by atoms with Crippen LogP contribution in [0.2, 0.25) is 0 Å². The molecule has 0 atom stereocenters. The molecule has 0 radical (unpaired) electrons. The van der Waals surface area contributed by atoms with Crippen LogP contribution in [0.3, 0.4) is 0 Å². The minimum absolute atomic E-state index is 0.378. The molecule has 0 spiro atoms. The number of nitrogens with one attached hydrogen (secondary N) is 1. The fourth-order valence-corrected chi connectivity index (χ4v) is 1.74. The van der Waals surface area contributed by atoms with Gasteiger partial charge in [0.1, 0.15) is 5.75 Å². The molecule has 13 heavy (non-hydrogen) atoms. The second-order valence-corrected chi connectivity index (χ2v) is 3.38. The van der Waals surface area contributed by atoms with Crippen LogP contribution in [-0.4, -0.2) is 25.2 Å². The molecule has 1 aliphatic heterocycles. The largest absolute Gasteiger partial charge is 0.506 e. The zero-order valence-corrected chi connectivity index (χ0v) is 7.75. The Labute approximate surface area is 78.0 Å². The molecule has 0 aromatic heterocycles. The summed E-state index contributed by atoms with van der Waals surface area (Å²) in [6, 6.07) is 5.67. The van der Waals surface area contributed by atoms with E-state index in [0.717, 1.165) is 25.3 Å². The van der Waals surface area contributed by atoms with Crippen LogP contribution < -0.4 is 10.2 Å². The SMILES string of the molecule is CN1CCNCc2cccc(O)c21. The first-order chi connectivity index (χ1) is 6.29. The summed E-state index contributed by atoms with van der Waals surface area (Å²) in [6.45, 7) is 2.74. The third kappa shape index (κ3) is 1.47. The Bertz CT molecular complexity index is 312. The first kappa shape index (κ1) is 8.38. The molecule has 2 N–H and O–H groups in total. The predicted octanol–water partition coefficient (Wildman–Crippen LogP) is 0.932. The first-order valence-electron chi connectivity index (χ1n) is 4.52. The standard InChI is InChI=1S/C10H14N2O/c1-12-6-5-11-7-8-3-2-4-9(13)10(8)12/h2-4,11,13H,5-7H2,1H3. The van der Waals surface area contributed by atoms with Crippen molar-refractivity contribution in [2.75, 3.05) is 25.0 Å². The van der Waals surface area contributed by atoms with Crippen molar-refractivity contribution in [2.24, 2.45) is 0 Å². The number of aromatic hydroxyl groups is 1. The molecule has 1 aromatic carbocycles. The van der Waals surface area contributed by atoms with E-state index in [1.54, 1.807) is 6.07 Å². The number of hydrogen-bond donors (Lipinski definition) is 2. The van der Waals surface area contributed by atoms with Crippen LogP contribution in [0, 0.1) is 0 Å². The molecular weight excluding hydrogens is 164 g/mol. The summed E-state index contributed by atoms with van der Waals surface area (Å²) in [6.07, 6.45) is 0. The summed E-state index contributed by atoms with van der Waals surface area (Å²) in [5.41, 5.74) is 2.13. The maximum atomic E-state index is 9.68. The molecule has 3 heteroatoms. The van der Waals surface area contributed by atoms with E-state index in [9.17, 15) is 5.11 Å². The summed E-state index contributed by atoms with van der Waals surface area (Å²) >= 11 is 0. The van der Waals surface area contributed by atoms with Crippen LogP contribution in [0.25, 0.3) is 0 Å². The van der Waals surface area contributed by atoms with Crippen molar-refractivity contribution in [3.63, 3.8) is 0 Å². The lowest BCUT2D eigenvalue weighted by Gasteiger charge is -2.19. The van der Waals surface area contributed by atoms with Gasteiger partial charge >= 0.3 is 0 Å². The van der Waals surface area contributed by atoms with Gasteiger partial charge in [-0.1, -0.05) is 12.1 Å². The molecule has 0 saturated carbocycles. The second kappa shape index (κ2) is 3.26. The fourth-order valence-electron chi connectivity index (χ4n) is 1.74. The van der Waals surface area contributed by atoms with Crippen molar-refractivity contribution in [3.05, 3.63) is 23.8 Å². The van der Waals surface area contributed by atoms with E-state index in [-0.39, 0.29) is 0 Å². The van der Waals surface area contributed by atoms with Gasteiger partial charge in [-0.2, -0.15) is 0 Å². The molecular formula is C10H14N2O. The van der Waals surface area contributed by atoms with E-state index in [4.69, 9.17) is 0 Å². The molecule has 0 aliphatic carbocycles. The number of benzene rings is 1. The van der Waals surface area contributed by atoms with Crippen LogP contribution in [0.1, 0.15) is 5.56 Å². The Kier molecular flexibility index (Phi) is 2.10. The topological polar surface area (TPSA) is 35.5 Å². The molecule has 3 nitrogen and oxygen atoms in total. The molecule has 0 unspecified atom stereocenters. The summed E-state index contributed by atoms with van der Waals surface area (Å²) in [7, 11) is 2.01. The normalized spacial score (nSPS) is 16.5. The Morgan fingerprint density at radius 1 is 1.46 bits per heavy atom. The zero-order chi connectivity index (χ0) is 9.26. The Hall–Kier alpha value is -1.22. The molecule has 0 fully saturated rings. The second-order valence-electron chi connectivity index (χ2n) is 3.38. The first-order valence-corrected chi connectivity index (χ1v) is 4.52. The number of fused-ring (bicyclic) bond motifs is 1. The van der Waals surface area contributed by atoms with Crippen molar-refractivity contribution >= 4 is 5.69 Å². The highest BCUT2D eigenvalue weighted by molar-refractivity contribution is 5.63. The minimum atomic E-state index is 0.378. The van der Waals surface area contributed by atoms with Crippen molar-refractivity contribution < 1.29 is 5.11 Å². The van der Waals surface area contributed by atoms with E-state index in [1.165, 1.54) is 5.56 Å². The summed E-state index contributed by atoms with van der Waals surface area (Å²) < 4.78 is 0. The molecule has 0 amide bonds. The van der Waals surface area contributed by atoms with E-state index in [0.29, 0.717) is 5.75 Å². The predicted molar refractivity (Wildman–Crippen MR) is 53.1 cm³/mol. The third-order valence-electron chi connectivity index (χ3n) is 2.42. The van der Waals surface area contributed by atoms with Gasteiger partial charge in [0.05, 0.1) is 5.69 Å². The number of anilines is 1. The van der Waals surface area contributed by atoms with E-state index in [1.807, 2.05) is 19.2 Å². The minimum Gasteiger partial charge on any atom is -0.506 e. The fraction of sp³-hybridized carbons (Fsp3) is 0.400. The van der Waals surface area contributed by atoms with Crippen LogP contribution in [-0.2, 0) is 6.54 Å². The molecule has 1 heterocycles. The van der Waals surface area contributed by atoms with Crippen molar-refractivity contribution in [3.8, 4) is 5.75 Å². The number of phenols is 1. The van der Waals surface area contributed by atoms with Gasteiger partial charge in [0.15, 0.2) is 0 Å². The molecule has 0 bridgehead atoms. The maximum absolute atomic E-state index is 9.68. The molecule has 2 rings (SSSR count). The number of hydrogen-bond acceptors (Lipinski definition) is 3. The van der Waals surface area contributed by atoms with Gasteiger partial charge < -0.3 is 15.3 Å². The monoisotopic (exact) mass is 178 g/mol. The Balaban J connectivity index is 2.48. The van der Waals surface area contributed by atoms with Gasteiger partial charge in [0, 0.05) is 26.7 Å². The summed E-state index contributed by atoms with van der Waals surface area (Å²) in [5, 5.41) is 13.0. The molecule has 1 aromatic rings. The molecule has 0 saturated heterocycles. The van der Waals surface area contributed by atoms with Crippen molar-refractivity contribution in [1.29, 1.82) is 0 Å². The zero-order valence-electron chi connectivity index (χ0n) is 7.75. The van der Waals surface area contributed by atoms with Crippen LogP contribution in [0.15, 0.2) is 18.2 Å². The van der Waals surface area contributed by atoms with Gasteiger partial charge in [0.2, 0.25) is 0 Å². The number of nitrogens with zero attached hydrogens (tertiary/aromatic N) is 1. The van der Waals surface area contributed by atoms with Crippen LogP contribution in [0.5, 0.6) is 5.75 Å². The number of rotatable bonds is 0. The Morgan fingerprint density at radius 3 is 3.15 bits per heavy atom. The van der Waals surface area contributed by atoms with Crippen LogP contribution in [0.4, 0.5) is 5.69 Å². The highest BCUT2D eigenvalue weighted by Crippen LogP contribution is 2.30. The smallest absolute Gasteiger partial charge is 0.139 e. The van der Waals surface area contributed by atoms with E-state index < -0.39 is 0 Å². The van der Waals surface area contributed by atoms with Gasteiger partial charge in [-0.3, -0.25) is 0 Å². The summed E-state index contributed by atoms with van der Waals surface area (Å²) in [4.78, 5) is 2.09. The third-order valence-corrected chi connectivity index (χ3v) is 2.42. The van der Waals surface area contributed by atoms with Crippen molar-refractivity contribution in [2.45, 2.75) is 6.54 Å². The highest BCUT2D eigenvalue weighted by atomic mass is 16.3. The highest BCUT2D eigenvalue weighted by Gasteiger charge is 2.14. The van der Waals surface area contributed by atoms with Gasteiger partial charge in [-0.05, 0) is 11.6 Å². The number of para-hydroxylation sites is 1. The van der Waals surface area contributed by atoms with E-state index >= 15 is 0 Å². The van der Waals surface area contributed by atoms with Crippen molar-refractivity contribution in [1.82, 2.24) is 5.32 Å². The lowest BCUT2D eigenvalue weighted by Crippen LogP contribution is -2.24.